The Bertz CT molecular complexity index is 784. The normalized spacial score (nSPS) is 18.2. The van der Waals surface area contributed by atoms with Crippen LogP contribution in [0.5, 0.6) is 0 Å². The summed E-state index contributed by atoms with van der Waals surface area (Å²) in [7, 11) is 0. The van der Waals surface area contributed by atoms with Crippen LogP contribution in [-0.4, -0.2) is 33.1 Å². The lowest BCUT2D eigenvalue weighted by Gasteiger charge is -2.33. The number of oxazole rings is 1. The van der Waals surface area contributed by atoms with E-state index in [1.54, 1.807) is 0 Å². The van der Waals surface area contributed by atoms with Crippen LogP contribution in [0.15, 0.2) is 33.2 Å². The van der Waals surface area contributed by atoms with Crippen molar-refractivity contribution < 1.29 is 8.94 Å². The standard InChI is InChI=1S/C18H22N4O2/c1-3-16-20-17(24-21-16)12(2)22-10-8-13(9-11-22)18-19-14-6-4-5-7-15(14)23-18/h4-7,12-13H,3,8-11H2,1-2H3/t12-/m1/s1. The lowest BCUT2D eigenvalue weighted by atomic mass is 9.96. The van der Waals surface area contributed by atoms with Crippen LogP contribution in [0.4, 0.5) is 0 Å². The van der Waals surface area contributed by atoms with Crippen molar-refractivity contribution in [1.29, 1.82) is 0 Å². The smallest absolute Gasteiger partial charge is 0.243 e. The van der Waals surface area contributed by atoms with Gasteiger partial charge < -0.3 is 8.94 Å². The van der Waals surface area contributed by atoms with Crippen LogP contribution in [0.1, 0.15) is 56.3 Å². The summed E-state index contributed by atoms with van der Waals surface area (Å²) < 4.78 is 11.3. The number of fused-ring (bicyclic) bond motifs is 1. The number of rotatable bonds is 4. The highest BCUT2D eigenvalue weighted by atomic mass is 16.5. The SMILES string of the molecule is CCc1noc([C@@H](C)N2CCC(c3nc4ccccc4o3)CC2)n1. The van der Waals surface area contributed by atoms with E-state index >= 15 is 0 Å². The summed E-state index contributed by atoms with van der Waals surface area (Å²) in [5.41, 5.74) is 1.82. The average Bonchev–Trinajstić information content (AvgIpc) is 3.28. The van der Waals surface area contributed by atoms with Gasteiger partial charge >= 0.3 is 0 Å². The number of aromatic nitrogens is 3. The van der Waals surface area contributed by atoms with E-state index in [-0.39, 0.29) is 6.04 Å². The first kappa shape index (κ1) is 15.3. The fraction of sp³-hybridized carbons (Fsp3) is 0.500. The molecule has 4 rings (SSSR count). The Morgan fingerprint density at radius 2 is 2.00 bits per heavy atom. The highest BCUT2D eigenvalue weighted by molar-refractivity contribution is 5.72. The molecular weight excluding hydrogens is 304 g/mol. The van der Waals surface area contributed by atoms with Crippen molar-refractivity contribution in [2.24, 2.45) is 0 Å². The summed E-state index contributed by atoms with van der Waals surface area (Å²) in [4.78, 5) is 11.5. The predicted molar refractivity (Wildman–Crippen MR) is 89.6 cm³/mol. The minimum absolute atomic E-state index is 0.155. The second kappa shape index (κ2) is 6.36. The summed E-state index contributed by atoms with van der Waals surface area (Å²) in [5.74, 6) is 2.75. The van der Waals surface area contributed by atoms with Gasteiger partial charge in [0, 0.05) is 12.3 Å². The molecule has 1 aliphatic rings. The zero-order valence-corrected chi connectivity index (χ0v) is 14.1. The molecule has 1 saturated heterocycles. The zero-order chi connectivity index (χ0) is 16.5. The van der Waals surface area contributed by atoms with Crippen LogP contribution in [-0.2, 0) is 6.42 Å². The van der Waals surface area contributed by atoms with E-state index in [1.807, 2.05) is 31.2 Å². The largest absolute Gasteiger partial charge is 0.440 e. The Morgan fingerprint density at radius 3 is 2.71 bits per heavy atom. The lowest BCUT2D eigenvalue weighted by molar-refractivity contribution is 0.131. The van der Waals surface area contributed by atoms with E-state index in [0.717, 1.165) is 55.2 Å². The average molecular weight is 326 g/mol. The van der Waals surface area contributed by atoms with E-state index in [9.17, 15) is 0 Å². The number of para-hydroxylation sites is 2. The van der Waals surface area contributed by atoms with Crippen molar-refractivity contribution >= 4 is 11.1 Å². The Hall–Kier alpha value is -2.21. The highest BCUT2D eigenvalue weighted by Crippen LogP contribution is 2.32. The molecule has 0 spiro atoms. The van der Waals surface area contributed by atoms with Gasteiger partial charge in [-0.05, 0) is 45.0 Å². The Kier molecular flexibility index (Phi) is 4.06. The molecule has 1 atom stereocenters. The summed E-state index contributed by atoms with van der Waals surface area (Å²) in [5, 5.41) is 4.00. The van der Waals surface area contributed by atoms with Crippen LogP contribution < -0.4 is 0 Å². The van der Waals surface area contributed by atoms with Crippen molar-refractivity contribution in [1.82, 2.24) is 20.0 Å². The first-order chi connectivity index (χ1) is 11.7. The van der Waals surface area contributed by atoms with Gasteiger partial charge in [0.15, 0.2) is 17.3 Å². The maximum absolute atomic E-state index is 5.94. The number of aryl methyl sites for hydroxylation is 1. The molecule has 126 valence electrons. The molecule has 3 heterocycles. The van der Waals surface area contributed by atoms with Crippen LogP contribution in [0.25, 0.3) is 11.1 Å². The van der Waals surface area contributed by atoms with Crippen LogP contribution in [0, 0.1) is 0 Å². The summed E-state index contributed by atoms with van der Waals surface area (Å²) in [6.45, 7) is 6.13. The van der Waals surface area contributed by atoms with Gasteiger partial charge in [-0.25, -0.2) is 4.98 Å². The van der Waals surface area contributed by atoms with E-state index < -0.39 is 0 Å². The van der Waals surface area contributed by atoms with Gasteiger partial charge in [0.05, 0.1) is 6.04 Å². The quantitative estimate of drug-likeness (QED) is 0.728. The molecule has 6 heteroatoms. The van der Waals surface area contributed by atoms with Gasteiger partial charge in [0.1, 0.15) is 5.52 Å². The topological polar surface area (TPSA) is 68.2 Å². The molecule has 0 unspecified atom stereocenters. The second-order valence-electron chi connectivity index (χ2n) is 6.41. The monoisotopic (exact) mass is 326 g/mol. The number of nitrogens with zero attached hydrogens (tertiary/aromatic N) is 4. The predicted octanol–water partition coefficient (Wildman–Crippen LogP) is 3.71. The van der Waals surface area contributed by atoms with Gasteiger partial charge in [-0.15, -0.1) is 0 Å². The third-order valence-electron chi connectivity index (χ3n) is 4.89. The molecule has 3 aromatic rings. The summed E-state index contributed by atoms with van der Waals surface area (Å²) in [6.07, 6.45) is 2.87. The van der Waals surface area contributed by atoms with E-state index in [4.69, 9.17) is 8.94 Å². The Labute approximate surface area is 140 Å². The third-order valence-corrected chi connectivity index (χ3v) is 4.89. The molecule has 0 amide bonds. The first-order valence-corrected chi connectivity index (χ1v) is 8.66. The molecule has 0 radical (unpaired) electrons. The molecule has 0 aliphatic carbocycles. The molecule has 0 saturated carbocycles. The van der Waals surface area contributed by atoms with Crippen molar-refractivity contribution in [2.75, 3.05) is 13.1 Å². The molecule has 24 heavy (non-hydrogen) atoms. The van der Waals surface area contributed by atoms with Gasteiger partial charge in [0.2, 0.25) is 5.89 Å². The van der Waals surface area contributed by atoms with Gasteiger partial charge in [0.25, 0.3) is 0 Å². The van der Waals surface area contributed by atoms with Crippen LogP contribution in [0.2, 0.25) is 0 Å². The van der Waals surface area contributed by atoms with Crippen molar-refractivity contribution in [3.8, 4) is 0 Å². The van der Waals surface area contributed by atoms with Gasteiger partial charge in [-0.2, -0.15) is 4.98 Å². The number of hydrogen-bond donors (Lipinski definition) is 0. The van der Waals surface area contributed by atoms with Crippen LogP contribution >= 0.6 is 0 Å². The maximum atomic E-state index is 5.94. The van der Waals surface area contributed by atoms with Crippen molar-refractivity contribution in [2.45, 2.75) is 45.1 Å². The Balaban J connectivity index is 1.42. The van der Waals surface area contributed by atoms with E-state index in [2.05, 4.69) is 26.9 Å². The minimum atomic E-state index is 0.155. The number of likely N-dealkylation sites (tertiary alicyclic amines) is 1. The fourth-order valence-corrected chi connectivity index (χ4v) is 3.34. The molecule has 6 nitrogen and oxygen atoms in total. The molecule has 1 aliphatic heterocycles. The highest BCUT2D eigenvalue weighted by Gasteiger charge is 2.29. The zero-order valence-electron chi connectivity index (χ0n) is 14.1. The Morgan fingerprint density at radius 1 is 1.21 bits per heavy atom. The molecule has 0 N–H and O–H groups in total. The summed E-state index contributed by atoms with van der Waals surface area (Å²) >= 11 is 0. The fourth-order valence-electron chi connectivity index (χ4n) is 3.34. The number of hydrogen-bond acceptors (Lipinski definition) is 6. The second-order valence-corrected chi connectivity index (χ2v) is 6.41. The molecular formula is C18H22N4O2. The number of benzene rings is 1. The molecule has 0 bridgehead atoms. The maximum Gasteiger partial charge on any atom is 0.243 e. The van der Waals surface area contributed by atoms with Crippen molar-refractivity contribution in [3.63, 3.8) is 0 Å². The molecule has 2 aromatic heterocycles. The van der Waals surface area contributed by atoms with Gasteiger partial charge in [-0.3, -0.25) is 4.90 Å². The summed E-state index contributed by atoms with van der Waals surface area (Å²) in [6, 6.07) is 8.11. The van der Waals surface area contributed by atoms with E-state index in [1.165, 1.54) is 0 Å². The van der Waals surface area contributed by atoms with Gasteiger partial charge in [-0.1, -0.05) is 24.2 Å². The first-order valence-electron chi connectivity index (χ1n) is 8.66. The van der Waals surface area contributed by atoms with Crippen molar-refractivity contribution in [3.05, 3.63) is 41.9 Å². The third kappa shape index (κ3) is 2.82. The molecule has 1 aromatic carbocycles. The lowest BCUT2D eigenvalue weighted by Crippen LogP contribution is -2.35. The van der Waals surface area contributed by atoms with E-state index in [0.29, 0.717) is 11.8 Å². The van der Waals surface area contributed by atoms with Crippen LogP contribution in [0.3, 0.4) is 0 Å². The minimum Gasteiger partial charge on any atom is -0.440 e. The molecule has 1 fully saturated rings. The number of piperidine rings is 1.